The predicted octanol–water partition coefficient (Wildman–Crippen LogP) is 12.0. The molecule has 10 rings (SSSR count). The molecule has 3 heteroatoms. The molecule has 2 aliphatic rings. The molecule has 1 aromatic heterocycles. The number of aromatic nitrogens is 2. The van der Waals surface area contributed by atoms with Crippen LogP contribution < -0.4 is 0 Å². The first kappa shape index (κ1) is 27.6. The molecule has 48 heavy (non-hydrogen) atoms. The zero-order valence-electron chi connectivity index (χ0n) is 26.4. The Labute approximate surface area is 283 Å². The van der Waals surface area contributed by atoms with Crippen molar-refractivity contribution in [2.75, 3.05) is 0 Å². The van der Waals surface area contributed by atoms with Gasteiger partial charge in [0.1, 0.15) is 0 Å². The van der Waals surface area contributed by atoms with E-state index in [0.717, 1.165) is 33.1 Å². The summed E-state index contributed by atoms with van der Waals surface area (Å²) in [7, 11) is 0. The summed E-state index contributed by atoms with van der Waals surface area (Å²) in [6.45, 7) is 2.42. The molecule has 0 saturated heterocycles. The summed E-state index contributed by atoms with van der Waals surface area (Å²) in [6, 6.07) is 48.2. The van der Waals surface area contributed by atoms with Crippen LogP contribution in [0.3, 0.4) is 0 Å². The van der Waals surface area contributed by atoms with E-state index in [0.29, 0.717) is 0 Å². The first-order valence-electron chi connectivity index (χ1n) is 16.5. The van der Waals surface area contributed by atoms with Crippen molar-refractivity contribution in [3.8, 4) is 22.4 Å². The monoisotopic (exact) mass is 630 g/mol. The van der Waals surface area contributed by atoms with Crippen molar-refractivity contribution < 1.29 is 0 Å². The topological polar surface area (TPSA) is 25.8 Å². The van der Waals surface area contributed by atoms with E-state index < -0.39 is 0 Å². The van der Waals surface area contributed by atoms with Crippen LogP contribution in [0.25, 0.3) is 71.3 Å². The summed E-state index contributed by atoms with van der Waals surface area (Å²) in [6.07, 6.45) is 8.90. The average molecular weight is 631 g/mol. The summed E-state index contributed by atoms with van der Waals surface area (Å²) in [5.74, 6) is 0.274. The Morgan fingerprint density at radius 1 is 0.604 bits per heavy atom. The Balaban J connectivity index is 1.08. The molecule has 0 saturated carbocycles. The van der Waals surface area contributed by atoms with Crippen LogP contribution in [0.1, 0.15) is 24.0 Å². The Bertz CT molecular complexity index is 2650. The largest absolute Gasteiger partial charge is 0.252 e. The number of benzene rings is 7. The standard InChI is InChI=1S/C45H30N2S/c1-45-39(24-11-25-40(45)38-23-10-22-37(44(38)48-45)32-21-9-13-28-12-2-3-16-31(28)32)29-14-8-15-30(26-29)41-27-46-42-35-19-6-4-17-33(35)34-18-5-7-20-36(34)43(42)47-41/h2-27,40H,1H3. The number of hydrogen-bond donors (Lipinski definition) is 0. The van der Waals surface area contributed by atoms with E-state index in [4.69, 9.17) is 9.97 Å². The number of thioether (sulfide) groups is 1. The highest BCUT2D eigenvalue weighted by Gasteiger charge is 2.47. The minimum absolute atomic E-state index is 0.152. The van der Waals surface area contributed by atoms with E-state index in [1.54, 1.807) is 0 Å². The third kappa shape index (κ3) is 4.01. The summed E-state index contributed by atoms with van der Waals surface area (Å²) >= 11 is 2.01. The molecule has 0 amide bonds. The van der Waals surface area contributed by atoms with Crippen LogP contribution in [-0.2, 0) is 0 Å². The SMILES string of the molecule is CC12Sc3c(-c4cccc5ccccc45)cccc3C1C=CC=C2c1cccc(-c2cnc3c4ccccc4c4ccccc4c3n2)c1. The zero-order chi connectivity index (χ0) is 31.8. The van der Waals surface area contributed by atoms with E-state index in [1.165, 1.54) is 54.3 Å². The number of allylic oxidation sites excluding steroid dienone is 3. The molecule has 2 heterocycles. The molecule has 226 valence electrons. The van der Waals surface area contributed by atoms with Gasteiger partial charge in [-0.15, -0.1) is 11.8 Å². The fraction of sp³-hybridized carbons (Fsp3) is 0.0667. The molecule has 0 N–H and O–H groups in total. The Morgan fingerprint density at radius 2 is 1.25 bits per heavy atom. The van der Waals surface area contributed by atoms with E-state index >= 15 is 0 Å². The molecule has 2 unspecified atom stereocenters. The van der Waals surface area contributed by atoms with Gasteiger partial charge in [0.2, 0.25) is 0 Å². The summed E-state index contributed by atoms with van der Waals surface area (Å²) in [5.41, 5.74) is 10.4. The van der Waals surface area contributed by atoms with Gasteiger partial charge in [0.05, 0.1) is 27.7 Å². The van der Waals surface area contributed by atoms with Crippen LogP contribution in [0.15, 0.2) is 163 Å². The average Bonchev–Trinajstić information content (AvgIpc) is 3.47. The van der Waals surface area contributed by atoms with Crippen molar-refractivity contribution >= 4 is 60.7 Å². The molecule has 1 aliphatic carbocycles. The van der Waals surface area contributed by atoms with E-state index in [-0.39, 0.29) is 10.7 Å². The van der Waals surface area contributed by atoms with Crippen LogP contribution in [0.4, 0.5) is 0 Å². The van der Waals surface area contributed by atoms with Gasteiger partial charge in [0.15, 0.2) is 0 Å². The van der Waals surface area contributed by atoms with Gasteiger partial charge < -0.3 is 0 Å². The molecular formula is C45H30N2S. The number of hydrogen-bond acceptors (Lipinski definition) is 3. The second-order valence-electron chi connectivity index (χ2n) is 13.0. The predicted molar refractivity (Wildman–Crippen MR) is 203 cm³/mol. The van der Waals surface area contributed by atoms with Gasteiger partial charge in [0, 0.05) is 27.1 Å². The fourth-order valence-corrected chi connectivity index (χ4v) is 9.74. The smallest absolute Gasteiger partial charge is 0.0979 e. The number of rotatable bonds is 3. The van der Waals surface area contributed by atoms with Crippen LogP contribution in [0.5, 0.6) is 0 Å². The van der Waals surface area contributed by atoms with Crippen molar-refractivity contribution in [1.82, 2.24) is 9.97 Å². The quantitative estimate of drug-likeness (QED) is 0.182. The summed E-state index contributed by atoms with van der Waals surface area (Å²) in [5, 5.41) is 7.26. The van der Waals surface area contributed by atoms with Crippen molar-refractivity contribution in [2.45, 2.75) is 22.5 Å². The maximum absolute atomic E-state index is 5.30. The summed E-state index contributed by atoms with van der Waals surface area (Å²) < 4.78 is -0.152. The van der Waals surface area contributed by atoms with Crippen LogP contribution in [0, 0.1) is 0 Å². The molecule has 1 aliphatic heterocycles. The van der Waals surface area contributed by atoms with Crippen LogP contribution in [0.2, 0.25) is 0 Å². The second-order valence-corrected chi connectivity index (χ2v) is 14.5. The Hall–Kier alpha value is -5.51. The minimum atomic E-state index is -0.152. The van der Waals surface area contributed by atoms with E-state index in [9.17, 15) is 0 Å². The van der Waals surface area contributed by atoms with Crippen molar-refractivity contribution in [3.63, 3.8) is 0 Å². The Kier molecular flexibility index (Phi) is 6.03. The lowest BCUT2D eigenvalue weighted by Crippen LogP contribution is -2.27. The second kappa shape index (κ2) is 10.5. The van der Waals surface area contributed by atoms with E-state index in [2.05, 4.69) is 159 Å². The van der Waals surface area contributed by atoms with Crippen LogP contribution >= 0.6 is 11.8 Å². The van der Waals surface area contributed by atoms with Gasteiger partial charge in [-0.25, -0.2) is 4.98 Å². The molecular weight excluding hydrogens is 601 g/mol. The molecule has 2 nitrogen and oxygen atoms in total. The zero-order valence-corrected chi connectivity index (χ0v) is 27.2. The molecule has 0 radical (unpaired) electrons. The highest BCUT2D eigenvalue weighted by molar-refractivity contribution is 8.01. The number of fused-ring (bicyclic) bond motifs is 10. The van der Waals surface area contributed by atoms with Crippen LogP contribution in [-0.4, -0.2) is 14.7 Å². The van der Waals surface area contributed by atoms with Crippen molar-refractivity contribution in [3.05, 3.63) is 169 Å². The Morgan fingerprint density at radius 3 is 2.08 bits per heavy atom. The molecule has 0 bridgehead atoms. The van der Waals surface area contributed by atoms with E-state index in [1.807, 2.05) is 18.0 Å². The minimum Gasteiger partial charge on any atom is -0.252 e. The lowest BCUT2D eigenvalue weighted by Gasteiger charge is -2.35. The molecule has 2 atom stereocenters. The lowest BCUT2D eigenvalue weighted by atomic mass is 9.76. The first-order chi connectivity index (χ1) is 23.7. The highest BCUT2D eigenvalue weighted by Crippen LogP contribution is 2.62. The third-order valence-corrected chi connectivity index (χ3v) is 11.9. The first-order valence-corrected chi connectivity index (χ1v) is 17.3. The summed E-state index contributed by atoms with van der Waals surface area (Å²) in [4.78, 5) is 11.7. The fourth-order valence-electron chi connectivity index (χ4n) is 8.09. The van der Waals surface area contributed by atoms with Gasteiger partial charge in [0.25, 0.3) is 0 Å². The van der Waals surface area contributed by atoms with Crippen molar-refractivity contribution in [1.29, 1.82) is 0 Å². The lowest BCUT2D eigenvalue weighted by molar-refractivity contribution is 0.719. The van der Waals surface area contributed by atoms with Gasteiger partial charge in [-0.05, 0) is 62.4 Å². The maximum atomic E-state index is 5.30. The normalized spacial score (nSPS) is 18.4. The molecule has 0 spiro atoms. The number of nitrogens with zero attached hydrogens (tertiary/aromatic N) is 2. The highest BCUT2D eigenvalue weighted by atomic mass is 32.2. The third-order valence-electron chi connectivity index (χ3n) is 10.4. The molecule has 0 fully saturated rings. The molecule has 8 aromatic rings. The maximum Gasteiger partial charge on any atom is 0.0979 e. The van der Waals surface area contributed by atoms with Gasteiger partial charge in [-0.2, -0.15) is 0 Å². The van der Waals surface area contributed by atoms with Gasteiger partial charge in [-0.1, -0.05) is 146 Å². The van der Waals surface area contributed by atoms with Crippen molar-refractivity contribution in [2.24, 2.45) is 0 Å². The van der Waals surface area contributed by atoms with Gasteiger partial charge >= 0.3 is 0 Å². The molecule has 7 aromatic carbocycles. The van der Waals surface area contributed by atoms with Gasteiger partial charge in [-0.3, -0.25) is 4.98 Å².